The summed E-state index contributed by atoms with van der Waals surface area (Å²) in [7, 11) is 2.27. The van der Waals surface area contributed by atoms with Crippen LogP contribution in [-0.4, -0.2) is 55.1 Å². The highest BCUT2D eigenvalue weighted by atomic mass is 16.5. The van der Waals surface area contributed by atoms with Gasteiger partial charge in [0.2, 0.25) is 0 Å². The number of nitrogens with zero attached hydrogens (tertiary/aromatic N) is 1. The Hall–Kier alpha value is -0.120. The van der Waals surface area contributed by atoms with Crippen LogP contribution in [0.3, 0.4) is 0 Å². The molecule has 0 spiro atoms. The van der Waals surface area contributed by atoms with Gasteiger partial charge in [-0.05, 0) is 30.6 Å². The van der Waals surface area contributed by atoms with Crippen LogP contribution in [-0.2, 0) is 4.74 Å². The average Bonchev–Trinajstić information content (AvgIpc) is 2.82. The number of aliphatic hydroxyl groups excluding tert-OH is 1. The fourth-order valence-electron chi connectivity index (χ4n) is 4.38. The van der Waals surface area contributed by atoms with Crippen molar-refractivity contribution in [3.8, 4) is 0 Å². The molecule has 124 valence electrons. The number of ether oxygens (including phenoxy) is 1. The molecule has 3 heteroatoms. The Morgan fingerprint density at radius 1 is 1.19 bits per heavy atom. The summed E-state index contributed by atoms with van der Waals surface area (Å²) in [6, 6.07) is 0. The SMILES string of the molecule is CC(C)[C@H]1CC[C@@H](C)C[C@@H]1OC[C@H](O)C[N+]1(C)CCCC1. The summed E-state index contributed by atoms with van der Waals surface area (Å²) in [6.07, 6.45) is 6.44. The van der Waals surface area contributed by atoms with Crippen LogP contribution in [0.2, 0.25) is 0 Å². The highest BCUT2D eigenvalue weighted by Gasteiger charge is 2.33. The first kappa shape index (κ1) is 17.2. The van der Waals surface area contributed by atoms with Gasteiger partial charge < -0.3 is 14.3 Å². The fourth-order valence-corrected chi connectivity index (χ4v) is 4.38. The van der Waals surface area contributed by atoms with Crippen LogP contribution >= 0.6 is 0 Å². The molecule has 1 heterocycles. The first-order valence-electron chi connectivity index (χ1n) is 9.03. The van der Waals surface area contributed by atoms with Crippen LogP contribution in [0.15, 0.2) is 0 Å². The summed E-state index contributed by atoms with van der Waals surface area (Å²) >= 11 is 0. The number of quaternary nitrogens is 1. The second-order valence-electron chi connectivity index (χ2n) is 8.31. The number of rotatable bonds is 6. The van der Waals surface area contributed by atoms with E-state index in [9.17, 15) is 5.11 Å². The molecule has 1 aliphatic heterocycles. The van der Waals surface area contributed by atoms with Crippen molar-refractivity contribution >= 4 is 0 Å². The molecule has 4 atom stereocenters. The first-order chi connectivity index (χ1) is 9.89. The third-order valence-electron chi connectivity index (χ3n) is 5.76. The van der Waals surface area contributed by atoms with Crippen molar-refractivity contribution in [2.75, 3.05) is 33.3 Å². The van der Waals surface area contributed by atoms with Crippen molar-refractivity contribution in [1.82, 2.24) is 0 Å². The van der Waals surface area contributed by atoms with E-state index in [1.54, 1.807) is 0 Å². The van der Waals surface area contributed by atoms with Gasteiger partial charge in [0.25, 0.3) is 0 Å². The second kappa shape index (κ2) is 7.43. The molecule has 0 aromatic carbocycles. The fraction of sp³-hybridized carbons (Fsp3) is 1.00. The summed E-state index contributed by atoms with van der Waals surface area (Å²) in [4.78, 5) is 0. The highest BCUT2D eigenvalue weighted by molar-refractivity contribution is 4.81. The van der Waals surface area contributed by atoms with Gasteiger partial charge in [-0.2, -0.15) is 0 Å². The first-order valence-corrected chi connectivity index (χ1v) is 9.03. The van der Waals surface area contributed by atoms with Gasteiger partial charge in [0.05, 0.1) is 32.8 Å². The molecular formula is C18H36NO2+. The predicted molar refractivity (Wildman–Crippen MR) is 87.1 cm³/mol. The van der Waals surface area contributed by atoms with Crippen LogP contribution in [0.25, 0.3) is 0 Å². The molecule has 1 saturated carbocycles. The van der Waals surface area contributed by atoms with Crippen LogP contribution in [0.4, 0.5) is 0 Å². The Balaban J connectivity index is 1.79. The zero-order valence-corrected chi connectivity index (χ0v) is 14.6. The molecule has 1 N–H and O–H groups in total. The maximum atomic E-state index is 10.4. The molecule has 1 saturated heterocycles. The smallest absolute Gasteiger partial charge is 0.126 e. The van der Waals surface area contributed by atoms with E-state index >= 15 is 0 Å². The molecule has 1 aliphatic carbocycles. The third kappa shape index (κ3) is 4.94. The number of aliphatic hydroxyl groups is 1. The van der Waals surface area contributed by atoms with E-state index in [2.05, 4.69) is 27.8 Å². The lowest BCUT2D eigenvalue weighted by atomic mass is 9.75. The summed E-state index contributed by atoms with van der Waals surface area (Å²) in [5, 5.41) is 10.4. The van der Waals surface area contributed by atoms with E-state index in [1.807, 2.05) is 0 Å². The normalized spacial score (nSPS) is 34.3. The lowest BCUT2D eigenvalue weighted by Gasteiger charge is -2.38. The van der Waals surface area contributed by atoms with Gasteiger partial charge in [-0.25, -0.2) is 0 Å². The van der Waals surface area contributed by atoms with Crippen molar-refractivity contribution in [2.24, 2.45) is 17.8 Å². The van der Waals surface area contributed by atoms with Gasteiger partial charge in [-0.1, -0.05) is 27.2 Å². The van der Waals surface area contributed by atoms with Gasteiger partial charge in [-0.3, -0.25) is 0 Å². The van der Waals surface area contributed by atoms with Gasteiger partial charge in [-0.15, -0.1) is 0 Å². The molecule has 0 aromatic heterocycles. The number of hydrogen-bond donors (Lipinski definition) is 1. The van der Waals surface area contributed by atoms with E-state index in [4.69, 9.17) is 4.74 Å². The zero-order chi connectivity index (χ0) is 15.5. The highest BCUT2D eigenvalue weighted by Crippen LogP contribution is 2.35. The van der Waals surface area contributed by atoms with E-state index < -0.39 is 0 Å². The van der Waals surface area contributed by atoms with E-state index in [1.165, 1.54) is 45.2 Å². The predicted octanol–water partition coefficient (Wildman–Crippen LogP) is 3.07. The summed E-state index contributed by atoms with van der Waals surface area (Å²) in [6.45, 7) is 10.8. The van der Waals surface area contributed by atoms with Crippen molar-refractivity contribution < 1.29 is 14.3 Å². The minimum atomic E-state index is -0.307. The van der Waals surface area contributed by atoms with Crippen LogP contribution in [0.5, 0.6) is 0 Å². The zero-order valence-electron chi connectivity index (χ0n) is 14.6. The Morgan fingerprint density at radius 2 is 1.86 bits per heavy atom. The molecule has 2 aliphatic rings. The van der Waals surface area contributed by atoms with Crippen LogP contribution in [0.1, 0.15) is 52.9 Å². The van der Waals surface area contributed by atoms with E-state index in [-0.39, 0.29) is 6.10 Å². The maximum Gasteiger partial charge on any atom is 0.126 e. The molecule has 3 nitrogen and oxygen atoms in total. The van der Waals surface area contributed by atoms with Crippen molar-refractivity contribution in [3.05, 3.63) is 0 Å². The number of hydrogen-bond acceptors (Lipinski definition) is 2. The van der Waals surface area contributed by atoms with Gasteiger partial charge in [0, 0.05) is 12.8 Å². The maximum absolute atomic E-state index is 10.4. The van der Waals surface area contributed by atoms with Crippen molar-refractivity contribution in [2.45, 2.75) is 65.1 Å². The molecule has 0 amide bonds. The molecule has 2 rings (SSSR count). The lowest BCUT2D eigenvalue weighted by molar-refractivity contribution is -0.900. The number of likely N-dealkylation sites (tertiary alicyclic amines) is 1. The Kier molecular flexibility index (Phi) is 6.10. The second-order valence-corrected chi connectivity index (χ2v) is 8.31. The molecule has 0 bridgehead atoms. The van der Waals surface area contributed by atoms with Crippen LogP contribution < -0.4 is 0 Å². The Morgan fingerprint density at radius 3 is 2.48 bits per heavy atom. The topological polar surface area (TPSA) is 29.5 Å². The Bertz CT molecular complexity index is 312. The quantitative estimate of drug-likeness (QED) is 0.764. The summed E-state index contributed by atoms with van der Waals surface area (Å²) in [5.41, 5.74) is 0. The molecule has 0 unspecified atom stereocenters. The average molecular weight is 298 g/mol. The molecular weight excluding hydrogens is 262 g/mol. The molecule has 0 radical (unpaired) electrons. The molecule has 0 aromatic rings. The standard InChI is InChI=1S/C18H36NO2/c1-14(2)17-8-7-15(3)11-18(17)21-13-16(20)12-19(4)9-5-6-10-19/h14-18,20H,5-13H2,1-4H3/q+1/t15-,16-,17-,18+/m1/s1. The minimum Gasteiger partial charge on any atom is -0.385 e. The summed E-state index contributed by atoms with van der Waals surface area (Å²) < 4.78 is 7.21. The van der Waals surface area contributed by atoms with Crippen molar-refractivity contribution in [1.29, 1.82) is 0 Å². The minimum absolute atomic E-state index is 0.307. The monoisotopic (exact) mass is 298 g/mol. The van der Waals surface area contributed by atoms with E-state index in [0.717, 1.165) is 16.9 Å². The largest absolute Gasteiger partial charge is 0.385 e. The van der Waals surface area contributed by atoms with Crippen molar-refractivity contribution in [3.63, 3.8) is 0 Å². The van der Waals surface area contributed by atoms with Gasteiger partial charge in [0.15, 0.2) is 0 Å². The van der Waals surface area contributed by atoms with Crippen LogP contribution in [0, 0.1) is 17.8 Å². The molecule has 2 fully saturated rings. The third-order valence-corrected chi connectivity index (χ3v) is 5.76. The van der Waals surface area contributed by atoms with Gasteiger partial charge in [0.1, 0.15) is 12.6 Å². The lowest BCUT2D eigenvalue weighted by Crippen LogP contribution is -2.48. The number of likely N-dealkylation sites (N-methyl/N-ethyl adjacent to an activating group) is 1. The Labute approximate surface area is 131 Å². The van der Waals surface area contributed by atoms with E-state index in [0.29, 0.717) is 24.5 Å². The molecule has 21 heavy (non-hydrogen) atoms. The van der Waals surface area contributed by atoms with Gasteiger partial charge >= 0.3 is 0 Å². The summed E-state index contributed by atoms with van der Waals surface area (Å²) in [5.74, 6) is 2.12.